The first-order valence-corrected chi connectivity index (χ1v) is 15.8. The molecule has 1 aliphatic heterocycles. The van der Waals surface area contributed by atoms with Crippen LogP contribution in [0.15, 0.2) is 0 Å². The predicted molar refractivity (Wildman–Crippen MR) is 89.3 cm³/mol. The molecule has 0 radical (unpaired) electrons. The van der Waals surface area contributed by atoms with E-state index >= 15 is 0 Å². The lowest BCUT2D eigenvalue weighted by Crippen LogP contribution is -2.66. The highest BCUT2D eigenvalue weighted by atomic mass is 31.3. The van der Waals surface area contributed by atoms with Gasteiger partial charge in [0.1, 0.15) is 24.4 Å². The molecule has 0 aromatic rings. The number of phosphoric acid groups is 4. The van der Waals surface area contributed by atoms with Gasteiger partial charge >= 0.3 is 47.8 Å². The standard InChI is InChI=1S/C6H12O21P6/c7-28(8)21-1-3(23-30(11,12)13)2(22-29(9)10)5-6(4(1)24-31(14,15)16)26-33(19,20)27-32(17,18)25-5/h1-6H,(H,17,18)(H,19,20)(H2,11,12,13)(H2,14,15,16)/t1-,2+,3-,4+,5-,6+/m0/s1. The third-order valence-corrected chi connectivity index (χ3v) is 8.13. The van der Waals surface area contributed by atoms with Gasteiger partial charge < -0.3 is 39.1 Å². The zero-order valence-electron chi connectivity index (χ0n) is 15.0. The highest BCUT2D eigenvalue weighted by Gasteiger charge is 2.65. The van der Waals surface area contributed by atoms with Crippen LogP contribution in [0.4, 0.5) is 0 Å². The third kappa shape index (κ3) is 8.85. The molecule has 4 unspecified atom stereocenters. The molecular weight excluding hydrogens is 594 g/mol. The summed E-state index contributed by atoms with van der Waals surface area (Å²) in [5.41, 5.74) is 0. The van der Waals surface area contributed by atoms with Crippen molar-refractivity contribution >= 4 is 47.8 Å². The highest BCUT2D eigenvalue weighted by molar-refractivity contribution is 7.61. The molecule has 1 saturated heterocycles. The van der Waals surface area contributed by atoms with E-state index in [-0.39, 0.29) is 0 Å². The first kappa shape index (κ1) is 29.7. The predicted octanol–water partition coefficient (Wildman–Crippen LogP) is -2.24. The average Bonchev–Trinajstić information content (AvgIpc) is 2.62. The van der Waals surface area contributed by atoms with Gasteiger partial charge in [0.05, 0.1) is 0 Å². The molecule has 192 valence electrons. The van der Waals surface area contributed by atoms with E-state index in [4.69, 9.17) is 19.6 Å². The van der Waals surface area contributed by atoms with E-state index in [0.29, 0.717) is 0 Å². The summed E-state index contributed by atoms with van der Waals surface area (Å²) in [4.78, 5) is 78.0. The summed E-state index contributed by atoms with van der Waals surface area (Å²) < 4.78 is 98.9. The summed E-state index contributed by atoms with van der Waals surface area (Å²) in [7, 11) is -31.1. The van der Waals surface area contributed by atoms with Gasteiger partial charge in [-0.15, -0.1) is 9.05 Å². The van der Waals surface area contributed by atoms with Crippen LogP contribution in [0.3, 0.4) is 0 Å². The van der Waals surface area contributed by atoms with Crippen LogP contribution in [0.5, 0.6) is 0 Å². The Kier molecular flexibility index (Phi) is 9.45. The van der Waals surface area contributed by atoms with Crippen LogP contribution in [0.1, 0.15) is 0 Å². The van der Waals surface area contributed by atoms with E-state index in [1.54, 1.807) is 0 Å². The fourth-order valence-electron chi connectivity index (χ4n) is 2.83. The van der Waals surface area contributed by atoms with E-state index in [1.807, 2.05) is 0 Å². The van der Waals surface area contributed by atoms with E-state index in [9.17, 15) is 47.0 Å². The van der Waals surface area contributed by atoms with Crippen molar-refractivity contribution in [1.29, 1.82) is 0 Å². The summed E-state index contributed by atoms with van der Waals surface area (Å²) in [5.74, 6) is 0. The molecule has 27 heteroatoms. The zero-order chi connectivity index (χ0) is 25.6. The second-order valence-corrected chi connectivity index (χ2v) is 12.5. The quantitative estimate of drug-likeness (QED) is 0.159. The van der Waals surface area contributed by atoms with Gasteiger partial charge in [-0.05, 0) is 9.13 Å². The fraction of sp³-hybridized carbons (Fsp3) is 1.00. The molecule has 1 aliphatic carbocycles. The van der Waals surface area contributed by atoms with Gasteiger partial charge in [-0.3, -0.25) is 18.1 Å². The lowest BCUT2D eigenvalue weighted by atomic mass is 9.85. The normalized spacial score (nSPS) is 41.1. The molecular formula is C6H12O21P6. The molecule has 6 N–H and O–H groups in total. The van der Waals surface area contributed by atoms with Crippen molar-refractivity contribution in [2.45, 2.75) is 36.6 Å². The largest absolute Gasteiger partial charge is 0.566 e. The van der Waals surface area contributed by atoms with Crippen molar-refractivity contribution in [3.63, 3.8) is 0 Å². The molecule has 2 fully saturated rings. The van der Waals surface area contributed by atoms with Crippen molar-refractivity contribution in [1.82, 2.24) is 0 Å². The summed E-state index contributed by atoms with van der Waals surface area (Å²) in [6, 6.07) is 0. The third-order valence-electron chi connectivity index (χ3n) is 3.59. The Hall–Kier alpha value is 0.520. The van der Waals surface area contributed by atoms with Gasteiger partial charge in [0.25, 0.3) is 0 Å². The Morgan fingerprint density at radius 3 is 1.48 bits per heavy atom. The van der Waals surface area contributed by atoms with Crippen LogP contribution in [-0.2, 0) is 58.8 Å². The van der Waals surface area contributed by atoms with Crippen LogP contribution in [0, 0.1) is 0 Å². The Bertz CT molecular complexity index is 962. The highest BCUT2D eigenvalue weighted by Crippen LogP contribution is 2.66. The maximum absolute atomic E-state index is 12.0. The molecule has 33 heavy (non-hydrogen) atoms. The molecule has 1 saturated carbocycles. The lowest BCUT2D eigenvalue weighted by Gasteiger charge is -2.44. The maximum Gasteiger partial charge on any atom is 0.488 e. The Balaban J connectivity index is 2.77. The molecule has 10 atom stereocenters. The number of hydrogen-bond acceptors (Lipinski definition) is 15. The van der Waals surface area contributed by atoms with E-state index in [1.165, 1.54) is 0 Å². The van der Waals surface area contributed by atoms with Crippen LogP contribution in [-0.4, -0.2) is 66.0 Å². The monoisotopic (exact) mass is 606 g/mol. The minimum atomic E-state index is -5.76. The zero-order valence-corrected chi connectivity index (χ0v) is 20.3. The molecule has 1 heterocycles. The van der Waals surface area contributed by atoms with Crippen molar-refractivity contribution < 1.29 is 98.0 Å². The van der Waals surface area contributed by atoms with Crippen LogP contribution < -0.4 is 9.79 Å². The molecule has 2 aliphatic rings. The molecule has 0 aromatic heterocycles. The lowest BCUT2D eigenvalue weighted by molar-refractivity contribution is -0.235. The van der Waals surface area contributed by atoms with Crippen molar-refractivity contribution in [3.8, 4) is 0 Å². The van der Waals surface area contributed by atoms with E-state index in [2.05, 4.69) is 31.5 Å². The van der Waals surface area contributed by atoms with Crippen molar-refractivity contribution in [2.75, 3.05) is 0 Å². The summed E-state index contributed by atoms with van der Waals surface area (Å²) in [6.07, 6.45) is -16.0. The number of rotatable bonds is 8. The SMILES string of the molecule is O=[P+]([O-])O[C@@H]1[C@@H](OP(=O)(O)O)[C@H](O[P+](=O)[O-])[C@@H](OP(=O)(O)O)[C@H]2OP(=O)(O)OP(=O)(O)O[C@@H]12. The second-order valence-electron chi connectivity index (χ2n) is 5.87. The number of hydrogen-bond donors (Lipinski definition) is 6. The minimum Gasteiger partial charge on any atom is -0.566 e. The summed E-state index contributed by atoms with van der Waals surface area (Å²) >= 11 is 0. The van der Waals surface area contributed by atoms with Crippen LogP contribution >= 0.6 is 47.8 Å². The summed E-state index contributed by atoms with van der Waals surface area (Å²) in [5, 5.41) is 0. The first-order valence-electron chi connectivity index (χ1n) is 7.54. The molecule has 0 aromatic carbocycles. The molecule has 21 nitrogen and oxygen atoms in total. The topological polar surface area (TPSA) is 335 Å². The van der Waals surface area contributed by atoms with Gasteiger partial charge in [-0.2, -0.15) is 4.31 Å². The Morgan fingerprint density at radius 1 is 0.727 bits per heavy atom. The molecule has 0 amide bonds. The van der Waals surface area contributed by atoms with E-state index < -0.39 is 84.4 Å². The summed E-state index contributed by atoms with van der Waals surface area (Å²) in [6.45, 7) is 0. The van der Waals surface area contributed by atoms with Crippen LogP contribution in [0.25, 0.3) is 0 Å². The maximum atomic E-state index is 12.0. The molecule has 0 spiro atoms. The van der Waals surface area contributed by atoms with Gasteiger partial charge in [0.15, 0.2) is 12.2 Å². The van der Waals surface area contributed by atoms with Crippen LogP contribution in [0.2, 0.25) is 0 Å². The van der Waals surface area contributed by atoms with Gasteiger partial charge in [0, 0.05) is 0 Å². The first-order chi connectivity index (χ1) is 14.7. The Labute approximate surface area is 183 Å². The average molecular weight is 606 g/mol. The van der Waals surface area contributed by atoms with Crippen molar-refractivity contribution in [2.24, 2.45) is 0 Å². The van der Waals surface area contributed by atoms with Gasteiger partial charge in [-0.1, -0.05) is 0 Å². The number of phosphoric ester groups is 4. The van der Waals surface area contributed by atoms with Gasteiger partial charge in [0.2, 0.25) is 0 Å². The smallest absolute Gasteiger partial charge is 0.488 e. The van der Waals surface area contributed by atoms with Gasteiger partial charge in [-0.25, -0.2) is 18.3 Å². The minimum absolute atomic E-state index is 2.60. The number of fused-ring (bicyclic) bond motifs is 1. The Morgan fingerprint density at radius 2 is 1.09 bits per heavy atom. The second kappa shape index (κ2) is 10.5. The van der Waals surface area contributed by atoms with E-state index in [0.717, 1.165) is 0 Å². The molecule has 2 rings (SSSR count). The van der Waals surface area contributed by atoms with Crippen molar-refractivity contribution in [3.05, 3.63) is 0 Å². The fourth-order valence-corrected chi connectivity index (χ4v) is 7.27. The molecule has 0 bridgehead atoms.